The van der Waals surface area contributed by atoms with Crippen LogP contribution in [0.4, 0.5) is 10.5 Å². The van der Waals surface area contributed by atoms with Crippen molar-refractivity contribution >= 4 is 34.9 Å². The summed E-state index contributed by atoms with van der Waals surface area (Å²) < 4.78 is 0. The van der Waals surface area contributed by atoms with Crippen molar-refractivity contribution in [2.75, 3.05) is 18.5 Å². The number of rotatable bonds is 4. The lowest BCUT2D eigenvalue weighted by molar-refractivity contribution is -0.117. The van der Waals surface area contributed by atoms with Gasteiger partial charge in [0.1, 0.15) is 6.54 Å². The first-order valence-electron chi connectivity index (χ1n) is 7.49. The first-order valence-corrected chi connectivity index (χ1v) is 8.37. The summed E-state index contributed by atoms with van der Waals surface area (Å²) in [6.07, 6.45) is 0. The summed E-state index contributed by atoms with van der Waals surface area (Å²) in [6, 6.07) is 10.2. The molecule has 1 N–H and O–H groups in total. The molecule has 3 rings (SSSR count). The number of thiophene rings is 1. The summed E-state index contributed by atoms with van der Waals surface area (Å²) in [6.45, 7) is 1.99. The SMILES string of the molecule is C[C@@H](c1cccs1)N(C)C(=O)c1ccc(N2CC(=O)NC2=O)cc1. The van der Waals surface area contributed by atoms with Gasteiger partial charge < -0.3 is 4.90 Å². The quantitative estimate of drug-likeness (QED) is 0.868. The highest BCUT2D eigenvalue weighted by Gasteiger charge is 2.28. The Morgan fingerprint density at radius 2 is 1.96 bits per heavy atom. The highest BCUT2D eigenvalue weighted by Crippen LogP contribution is 2.25. The highest BCUT2D eigenvalue weighted by atomic mass is 32.1. The largest absolute Gasteiger partial charge is 0.334 e. The second-order valence-electron chi connectivity index (χ2n) is 5.59. The fourth-order valence-corrected chi connectivity index (χ4v) is 3.36. The van der Waals surface area contributed by atoms with E-state index < -0.39 is 6.03 Å². The summed E-state index contributed by atoms with van der Waals surface area (Å²) in [5.41, 5.74) is 1.12. The van der Waals surface area contributed by atoms with E-state index in [2.05, 4.69) is 5.32 Å². The molecular weight excluding hydrogens is 326 g/mol. The van der Waals surface area contributed by atoms with Gasteiger partial charge >= 0.3 is 6.03 Å². The molecule has 2 heterocycles. The van der Waals surface area contributed by atoms with Crippen LogP contribution in [0.1, 0.15) is 28.2 Å². The number of nitrogens with zero attached hydrogens (tertiary/aromatic N) is 2. The monoisotopic (exact) mass is 343 g/mol. The Labute approximate surface area is 143 Å². The lowest BCUT2D eigenvalue weighted by Gasteiger charge is -2.24. The molecule has 0 spiro atoms. The van der Waals surface area contributed by atoms with E-state index in [1.54, 1.807) is 47.5 Å². The van der Waals surface area contributed by atoms with Gasteiger partial charge in [0.25, 0.3) is 5.91 Å². The maximum Gasteiger partial charge on any atom is 0.329 e. The third-order valence-corrected chi connectivity index (χ3v) is 5.12. The van der Waals surface area contributed by atoms with Crippen LogP contribution in [0.15, 0.2) is 41.8 Å². The number of hydrogen-bond acceptors (Lipinski definition) is 4. The van der Waals surface area contributed by atoms with E-state index >= 15 is 0 Å². The highest BCUT2D eigenvalue weighted by molar-refractivity contribution is 7.10. The van der Waals surface area contributed by atoms with Crippen LogP contribution in [0, 0.1) is 0 Å². The molecule has 0 saturated carbocycles. The van der Waals surface area contributed by atoms with Gasteiger partial charge in [0.15, 0.2) is 0 Å². The molecular formula is C17H17N3O3S. The zero-order chi connectivity index (χ0) is 17.3. The average molecular weight is 343 g/mol. The second kappa shape index (κ2) is 6.45. The van der Waals surface area contributed by atoms with Crippen molar-refractivity contribution in [1.82, 2.24) is 10.2 Å². The maximum absolute atomic E-state index is 12.6. The normalized spacial score (nSPS) is 15.3. The van der Waals surface area contributed by atoms with E-state index in [0.29, 0.717) is 11.3 Å². The van der Waals surface area contributed by atoms with Crippen molar-refractivity contribution in [2.24, 2.45) is 0 Å². The van der Waals surface area contributed by atoms with Crippen LogP contribution in [0.5, 0.6) is 0 Å². The first-order chi connectivity index (χ1) is 11.5. The zero-order valence-corrected chi connectivity index (χ0v) is 14.2. The molecule has 7 heteroatoms. The number of amides is 4. The molecule has 1 atom stereocenters. The van der Waals surface area contributed by atoms with Crippen LogP contribution >= 0.6 is 11.3 Å². The van der Waals surface area contributed by atoms with Gasteiger partial charge in [-0.3, -0.25) is 19.8 Å². The van der Waals surface area contributed by atoms with Gasteiger partial charge in [0.05, 0.1) is 6.04 Å². The number of nitrogens with one attached hydrogen (secondary N) is 1. The Hall–Kier alpha value is -2.67. The molecule has 1 aliphatic heterocycles. The van der Waals surface area contributed by atoms with Gasteiger partial charge in [-0.1, -0.05) is 6.07 Å². The number of urea groups is 1. The van der Waals surface area contributed by atoms with Gasteiger partial charge in [-0.2, -0.15) is 0 Å². The van der Waals surface area contributed by atoms with Gasteiger partial charge in [-0.25, -0.2) is 4.79 Å². The predicted molar refractivity (Wildman–Crippen MR) is 92.2 cm³/mol. The molecule has 4 amide bonds. The van der Waals surface area contributed by atoms with Crippen molar-refractivity contribution in [3.63, 3.8) is 0 Å². The van der Waals surface area contributed by atoms with Crippen molar-refractivity contribution in [3.05, 3.63) is 52.2 Å². The fraction of sp³-hybridized carbons (Fsp3) is 0.235. The van der Waals surface area contributed by atoms with E-state index in [9.17, 15) is 14.4 Å². The van der Waals surface area contributed by atoms with E-state index in [1.807, 2.05) is 24.4 Å². The van der Waals surface area contributed by atoms with Gasteiger partial charge in [0, 0.05) is 23.2 Å². The van der Waals surface area contributed by atoms with Crippen LogP contribution in [-0.4, -0.2) is 36.3 Å². The third-order valence-electron chi connectivity index (χ3n) is 4.08. The minimum atomic E-state index is -0.442. The minimum Gasteiger partial charge on any atom is -0.334 e. The van der Waals surface area contributed by atoms with E-state index in [-0.39, 0.29) is 24.4 Å². The molecule has 1 aromatic carbocycles. The van der Waals surface area contributed by atoms with Crippen LogP contribution in [0.3, 0.4) is 0 Å². The van der Waals surface area contributed by atoms with E-state index in [0.717, 1.165) is 4.88 Å². The minimum absolute atomic E-state index is 0.00143. The zero-order valence-electron chi connectivity index (χ0n) is 13.4. The molecule has 0 unspecified atom stereocenters. The molecule has 0 bridgehead atoms. The number of carbonyl (C=O) groups excluding carboxylic acids is 3. The third kappa shape index (κ3) is 3.03. The first kappa shape index (κ1) is 16.2. The Kier molecular flexibility index (Phi) is 4.35. The topological polar surface area (TPSA) is 69.7 Å². The molecule has 0 aliphatic carbocycles. The van der Waals surface area contributed by atoms with E-state index in [4.69, 9.17) is 0 Å². The van der Waals surface area contributed by atoms with Crippen LogP contribution < -0.4 is 10.2 Å². The molecule has 2 aromatic rings. The average Bonchev–Trinajstić information content (AvgIpc) is 3.22. The second-order valence-corrected chi connectivity index (χ2v) is 6.57. The number of anilines is 1. The molecule has 1 fully saturated rings. The number of benzene rings is 1. The molecule has 1 aliphatic rings. The van der Waals surface area contributed by atoms with Gasteiger partial charge in [-0.15, -0.1) is 11.3 Å². The van der Waals surface area contributed by atoms with Crippen LogP contribution in [-0.2, 0) is 4.79 Å². The van der Waals surface area contributed by atoms with Gasteiger partial charge in [0.2, 0.25) is 5.91 Å². The van der Waals surface area contributed by atoms with Gasteiger partial charge in [-0.05, 0) is 42.6 Å². The number of imide groups is 1. The lowest BCUT2D eigenvalue weighted by atomic mass is 10.1. The predicted octanol–water partition coefficient (Wildman–Crippen LogP) is 2.64. The van der Waals surface area contributed by atoms with E-state index in [1.165, 1.54) is 4.90 Å². The summed E-state index contributed by atoms with van der Waals surface area (Å²) in [7, 11) is 1.77. The molecule has 6 nitrogen and oxygen atoms in total. The lowest BCUT2D eigenvalue weighted by Crippen LogP contribution is -2.30. The molecule has 1 aromatic heterocycles. The number of carbonyl (C=O) groups is 3. The summed E-state index contributed by atoms with van der Waals surface area (Å²) >= 11 is 1.61. The van der Waals surface area contributed by atoms with Crippen molar-refractivity contribution < 1.29 is 14.4 Å². The maximum atomic E-state index is 12.6. The van der Waals surface area contributed by atoms with Crippen molar-refractivity contribution in [1.29, 1.82) is 0 Å². The van der Waals surface area contributed by atoms with Crippen molar-refractivity contribution in [2.45, 2.75) is 13.0 Å². The Morgan fingerprint density at radius 1 is 1.25 bits per heavy atom. The number of hydrogen-bond donors (Lipinski definition) is 1. The Balaban J connectivity index is 1.74. The summed E-state index contributed by atoms with van der Waals surface area (Å²) in [5, 5.41) is 4.21. The van der Waals surface area contributed by atoms with Crippen LogP contribution in [0.25, 0.3) is 0 Å². The standard InChI is InChI=1S/C17H17N3O3S/c1-11(14-4-3-9-24-14)19(2)16(22)12-5-7-13(8-6-12)20-10-15(21)18-17(20)23/h3-9,11H,10H2,1-2H3,(H,18,21,23)/t11-/m0/s1. The Morgan fingerprint density at radius 3 is 2.50 bits per heavy atom. The van der Waals surface area contributed by atoms with Crippen molar-refractivity contribution in [3.8, 4) is 0 Å². The molecule has 24 heavy (non-hydrogen) atoms. The fourth-order valence-electron chi connectivity index (χ4n) is 2.53. The smallest absolute Gasteiger partial charge is 0.329 e. The summed E-state index contributed by atoms with van der Waals surface area (Å²) in [4.78, 5) is 39.7. The van der Waals surface area contributed by atoms with Crippen LogP contribution in [0.2, 0.25) is 0 Å². The Bertz CT molecular complexity index is 771. The molecule has 124 valence electrons. The molecule has 0 radical (unpaired) electrons. The summed E-state index contributed by atoms with van der Waals surface area (Å²) in [5.74, 6) is -0.422. The molecule has 1 saturated heterocycles.